The summed E-state index contributed by atoms with van der Waals surface area (Å²) in [5.74, 6) is 0.573. The van der Waals surface area contributed by atoms with Crippen molar-refractivity contribution in [2.24, 2.45) is 0 Å². The molecule has 0 aliphatic heterocycles. The highest BCUT2D eigenvalue weighted by atomic mass is 14.8. The van der Waals surface area contributed by atoms with E-state index in [0.29, 0.717) is 5.82 Å². The van der Waals surface area contributed by atoms with Gasteiger partial charge < -0.3 is 11.1 Å². The largest absolute Gasteiger partial charge is 0.384 e. The lowest BCUT2D eigenvalue weighted by Gasteiger charge is -2.00. The minimum absolute atomic E-state index is 0.573. The summed E-state index contributed by atoms with van der Waals surface area (Å²) in [5.41, 5.74) is 7.71. The van der Waals surface area contributed by atoms with Gasteiger partial charge in [-0.05, 0) is 44.6 Å². The number of aryl methyl sites for hydroxylation is 1. The van der Waals surface area contributed by atoms with Gasteiger partial charge in [0, 0.05) is 0 Å². The van der Waals surface area contributed by atoms with Gasteiger partial charge in [0.15, 0.2) is 0 Å². The fourth-order valence-corrected chi connectivity index (χ4v) is 1.15. The first kappa shape index (κ1) is 10.7. The van der Waals surface area contributed by atoms with Crippen molar-refractivity contribution in [2.45, 2.75) is 13.3 Å². The molecule has 0 unspecified atom stereocenters. The van der Waals surface area contributed by atoms with Gasteiger partial charge in [-0.3, -0.25) is 0 Å². The zero-order valence-corrected chi connectivity index (χ0v) is 8.75. The molecule has 0 saturated heterocycles. The standard InChI is InChI=1S/C11H17N3/c1-9-6-7-11(12)14-10(9)5-3-4-8-13-2/h3,5-7,13H,4,8H2,1-2H3,(H2,12,14). The van der Waals surface area contributed by atoms with Crippen molar-refractivity contribution in [1.29, 1.82) is 0 Å². The van der Waals surface area contributed by atoms with Gasteiger partial charge in [0.2, 0.25) is 0 Å². The summed E-state index contributed by atoms with van der Waals surface area (Å²) in [5, 5.41) is 3.08. The predicted molar refractivity (Wildman–Crippen MR) is 61.0 cm³/mol. The van der Waals surface area contributed by atoms with Crippen LogP contribution in [0.3, 0.4) is 0 Å². The van der Waals surface area contributed by atoms with Gasteiger partial charge in [0.1, 0.15) is 5.82 Å². The van der Waals surface area contributed by atoms with Gasteiger partial charge in [0.05, 0.1) is 5.69 Å². The van der Waals surface area contributed by atoms with Crippen LogP contribution in [-0.4, -0.2) is 18.6 Å². The van der Waals surface area contributed by atoms with Crippen LogP contribution in [0.15, 0.2) is 18.2 Å². The van der Waals surface area contributed by atoms with Crippen molar-refractivity contribution in [3.63, 3.8) is 0 Å². The number of hydrogen-bond acceptors (Lipinski definition) is 3. The van der Waals surface area contributed by atoms with Crippen molar-refractivity contribution in [2.75, 3.05) is 19.3 Å². The quantitative estimate of drug-likeness (QED) is 0.711. The number of aromatic nitrogens is 1. The topological polar surface area (TPSA) is 50.9 Å². The third-order valence-corrected chi connectivity index (χ3v) is 1.99. The molecule has 14 heavy (non-hydrogen) atoms. The third-order valence-electron chi connectivity index (χ3n) is 1.99. The van der Waals surface area contributed by atoms with Crippen molar-refractivity contribution in [1.82, 2.24) is 10.3 Å². The SMILES string of the molecule is CNCCC=Cc1nc(N)ccc1C. The maximum atomic E-state index is 5.60. The summed E-state index contributed by atoms with van der Waals surface area (Å²) in [6, 6.07) is 3.81. The summed E-state index contributed by atoms with van der Waals surface area (Å²) in [6.07, 6.45) is 5.13. The van der Waals surface area contributed by atoms with E-state index in [4.69, 9.17) is 5.73 Å². The number of nitrogens with two attached hydrogens (primary N) is 1. The molecule has 0 atom stereocenters. The maximum Gasteiger partial charge on any atom is 0.124 e. The molecular formula is C11H17N3. The highest BCUT2D eigenvalue weighted by Gasteiger charge is 1.95. The summed E-state index contributed by atoms with van der Waals surface area (Å²) >= 11 is 0. The van der Waals surface area contributed by atoms with E-state index in [1.807, 2.05) is 32.2 Å². The predicted octanol–water partition coefficient (Wildman–Crippen LogP) is 1.59. The van der Waals surface area contributed by atoms with Crippen LogP contribution in [0.1, 0.15) is 17.7 Å². The smallest absolute Gasteiger partial charge is 0.124 e. The first-order valence-corrected chi connectivity index (χ1v) is 4.78. The molecule has 0 saturated carbocycles. The maximum absolute atomic E-state index is 5.60. The van der Waals surface area contributed by atoms with E-state index in [1.165, 1.54) is 0 Å². The molecule has 1 aromatic heterocycles. The lowest BCUT2D eigenvalue weighted by atomic mass is 10.2. The van der Waals surface area contributed by atoms with E-state index in [2.05, 4.69) is 16.4 Å². The second-order valence-electron chi connectivity index (χ2n) is 3.23. The Bertz CT molecular complexity index is 318. The first-order valence-electron chi connectivity index (χ1n) is 4.78. The van der Waals surface area contributed by atoms with Gasteiger partial charge in [-0.2, -0.15) is 0 Å². The number of nitrogens with one attached hydrogen (secondary N) is 1. The molecule has 0 aromatic carbocycles. The molecule has 1 rings (SSSR count). The monoisotopic (exact) mass is 191 g/mol. The summed E-state index contributed by atoms with van der Waals surface area (Å²) in [4.78, 5) is 4.24. The molecule has 3 N–H and O–H groups in total. The van der Waals surface area contributed by atoms with Crippen LogP contribution >= 0.6 is 0 Å². The fraction of sp³-hybridized carbons (Fsp3) is 0.364. The molecule has 0 aliphatic rings. The van der Waals surface area contributed by atoms with E-state index in [1.54, 1.807) is 0 Å². The van der Waals surface area contributed by atoms with Gasteiger partial charge in [-0.15, -0.1) is 0 Å². The lowest BCUT2D eigenvalue weighted by Crippen LogP contribution is -2.05. The molecule has 76 valence electrons. The van der Waals surface area contributed by atoms with E-state index in [9.17, 15) is 0 Å². The van der Waals surface area contributed by atoms with Crippen molar-refractivity contribution < 1.29 is 0 Å². The fourth-order valence-electron chi connectivity index (χ4n) is 1.15. The second-order valence-corrected chi connectivity index (χ2v) is 3.23. The Kier molecular flexibility index (Phi) is 4.13. The number of anilines is 1. The molecule has 1 heterocycles. The zero-order valence-electron chi connectivity index (χ0n) is 8.75. The molecule has 0 aliphatic carbocycles. The van der Waals surface area contributed by atoms with Crippen LogP contribution < -0.4 is 11.1 Å². The Hall–Kier alpha value is -1.35. The van der Waals surface area contributed by atoms with Crippen LogP contribution in [0.5, 0.6) is 0 Å². The number of nitrogens with zero attached hydrogens (tertiary/aromatic N) is 1. The summed E-state index contributed by atoms with van der Waals surface area (Å²) in [7, 11) is 1.94. The Balaban J connectivity index is 2.65. The highest BCUT2D eigenvalue weighted by molar-refractivity contribution is 5.51. The first-order chi connectivity index (χ1) is 6.74. The minimum Gasteiger partial charge on any atom is -0.384 e. The van der Waals surface area contributed by atoms with E-state index in [-0.39, 0.29) is 0 Å². The van der Waals surface area contributed by atoms with Crippen LogP contribution in [0.4, 0.5) is 5.82 Å². The Morgan fingerprint density at radius 1 is 1.50 bits per heavy atom. The van der Waals surface area contributed by atoms with Gasteiger partial charge in [-0.1, -0.05) is 12.1 Å². The molecule has 0 fully saturated rings. The van der Waals surface area contributed by atoms with E-state index >= 15 is 0 Å². The van der Waals surface area contributed by atoms with Crippen LogP contribution in [0, 0.1) is 6.92 Å². The molecule has 0 spiro atoms. The van der Waals surface area contributed by atoms with E-state index in [0.717, 1.165) is 24.2 Å². The molecule has 1 aromatic rings. The molecule has 3 heteroatoms. The van der Waals surface area contributed by atoms with Gasteiger partial charge >= 0.3 is 0 Å². The molecule has 0 amide bonds. The average molecular weight is 191 g/mol. The number of rotatable bonds is 4. The lowest BCUT2D eigenvalue weighted by molar-refractivity contribution is 0.809. The number of nitrogen functional groups attached to an aromatic ring is 1. The van der Waals surface area contributed by atoms with Crippen LogP contribution in [-0.2, 0) is 0 Å². The summed E-state index contributed by atoms with van der Waals surface area (Å²) in [6.45, 7) is 3.02. The Morgan fingerprint density at radius 2 is 2.29 bits per heavy atom. The zero-order chi connectivity index (χ0) is 10.4. The molecular weight excluding hydrogens is 174 g/mol. The normalized spacial score (nSPS) is 11.0. The van der Waals surface area contributed by atoms with Crippen molar-refractivity contribution in [3.05, 3.63) is 29.5 Å². The molecule has 0 radical (unpaired) electrons. The second kappa shape index (κ2) is 5.40. The minimum atomic E-state index is 0.573. The third kappa shape index (κ3) is 3.18. The average Bonchev–Trinajstić information content (AvgIpc) is 2.18. The van der Waals surface area contributed by atoms with Gasteiger partial charge in [0.25, 0.3) is 0 Å². The van der Waals surface area contributed by atoms with Crippen molar-refractivity contribution >= 4 is 11.9 Å². The number of hydrogen-bond donors (Lipinski definition) is 2. The molecule has 3 nitrogen and oxygen atoms in total. The number of pyridine rings is 1. The Morgan fingerprint density at radius 3 is 3.00 bits per heavy atom. The van der Waals surface area contributed by atoms with E-state index < -0.39 is 0 Å². The van der Waals surface area contributed by atoms with Crippen LogP contribution in [0.2, 0.25) is 0 Å². The highest BCUT2D eigenvalue weighted by Crippen LogP contribution is 2.09. The molecule has 0 bridgehead atoms. The summed E-state index contributed by atoms with van der Waals surface area (Å²) < 4.78 is 0. The van der Waals surface area contributed by atoms with Crippen LogP contribution in [0.25, 0.3) is 6.08 Å². The Labute approximate surface area is 85.0 Å². The van der Waals surface area contributed by atoms with Crippen molar-refractivity contribution in [3.8, 4) is 0 Å². The van der Waals surface area contributed by atoms with Gasteiger partial charge in [-0.25, -0.2) is 4.98 Å².